The molecule has 2 N–H and O–H groups in total. The Morgan fingerprint density at radius 2 is 2.20 bits per heavy atom. The SMILES string of the molecule is CCCCc1cc(C)c(OC)c(C(=O)NC[C@@H]2CCCN2CC)c1O. The van der Waals surface area contributed by atoms with Gasteiger partial charge in [0.1, 0.15) is 17.1 Å². The van der Waals surface area contributed by atoms with E-state index in [4.69, 9.17) is 4.74 Å². The van der Waals surface area contributed by atoms with Crippen molar-refractivity contribution in [3.63, 3.8) is 0 Å². The molecule has 0 radical (unpaired) electrons. The summed E-state index contributed by atoms with van der Waals surface area (Å²) in [6, 6.07) is 2.31. The first-order chi connectivity index (χ1) is 12.0. The highest BCUT2D eigenvalue weighted by molar-refractivity contribution is 6.00. The molecule has 1 aliphatic rings. The Bertz CT molecular complexity index is 601. The molecule has 0 aromatic heterocycles. The van der Waals surface area contributed by atoms with Gasteiger partial charge in [-0.25, -0.2) is 0 Å². The molecule has 1 aromatic rings. The number of methoxy groups -OCH3 is 1. The molecule has 0 saturated carbocycles. The minimum absolute atomic E-state index is 0.0622. The summed E-state index contributed by atoms with van der Waals surface area (Å²) in [5.41, 5.74) is 1.98. The van der Waals surface area contributed by atoms with Crippen LogP contribution in [-0.4, -0.2) is 48.7 Å². The van der Waals surface area contributed by atoms with Crippen LogP contribution in [0.2, 0.25) is 0 Å². The summed E-state index contributed by atoms with van der Waals surface area (Å²) in [6.45, 7) is 8.88. The van der Waals surface area contributed by atoms with Crippen LogP contribution in [0.15, 0.2) is 6.07 Å². The van der Waals surface area contributed by atoms with Crippen LogP contribution in [0.1, 0.15) is 61.0 Å². The molecule has 1 aliphatic heterocycles. The highest BCUT2D eigenvalue weighted by Crippen LogP contribution is 2.35. The van der Waals surface area contributed by atoms with Gasteiger partial charge in [0.15, 0.2) is 0 Å². The number of carbonyl (C=O) groups is 1. The average molecular weight is 348 g/mol. The summed E-state index contributed by atoms with van der Waals surface area (Å²) in [4.78, 5) is 15.2. The zero-order chi connectivity index (χ0) is 18.4. The summed E-state index contributed by atoms with van der Waals surface area (Å²) in [7, 11) is 1.54. The van der Waals surface area contributed by atoms with E-state index < -0.39 is 0 Å². The molecule has 5 heteroatoms. The Labute approximate surface area is 151 Å². The molecule has 2 rings (SSSR count). The molecule has 0 spiro atoms. The molecular weight excluding hydrogens is 316 g/mol. The number of hydrogen-bond acceptors (Lipinski definition) is 4. The Hall–Kier alpha value is -1.75. The lowest BCUT2D eigenvalue weighted by atomic mass is 9.98. The van der Waals surface area contributed by atoms with Gasteiger partial charge in [-0.15, -0.1) is 0 Å². The minimum atomic E-state index is -0.251. The van der Waals surface area contributed by atoms with Gasteiger partial charge in [-0.1, -0.05) is 20.3 Å². The van der Waals surface area contributed by atoms with Crippen LogP contribution >= 0.6 is 0 Å². The van der Waals surface area contributed by atoms with Gasteiger partial charge < -0.3 is 15.2 Å². The van der Waals surface area contributed by atoms with Crippen LogP contribution in [0.3, 0.4) is 0 Å². The maximum absolute atomic E-state index is 12.8. The van der Waals surface area contributed by atoms with Crippen molar-refractivity contribution in [3.8, 4) is 11.5 Å². The van der Waals surface area contributed by atoms with E-state index in [0.717, 1.165) is 49.9 Å². The largest absolute Gasteiger partial charge is 0.507 e. The lowest BCUT2D eigenvalue weighted by Gasteiger charge is -2.23. The number of unbranched alkanes of at least 4 members (excludes halogenated alkanes) is 1. The van der Waals surface area contributed by atoms with Crippen LogP contribution in [0.5, 0.6) is 11.5 Å². The maximum Gasteiger partial charge on any atom is 0.258 e. The normalized spacial score (nSPS) is 17.7. The van der Waals surface area contributed by atoms with E-state index in [-0.39, 0.29) is 17.2 Å². The first-order valence-electron chi connectivity index (χ1n) is 9.45. The van der Waals surface area contributed by atoms with Crippen molar-refractivity contribution in [1.82, 2.24) is 10.2 Å². The molecule has 1 fully saturated rings. The average Bonchev–Trinajstić information content (AvgIpc) is 3.07. The van der Waals surface area contributed by atoms with E-state index in [2.05, 4.69) is 24.1 Å². The quantitative estimate of drug-likeness (QED) is 0.757. The smallest absolute Gasteiger partial charge is 0.258 e. The van der Waals surface area contributed by atoms with Crippen LogP contribution in [0.25, 0.3) is 0 Å². The fraction of sp³-hybridized carbons (Fsp3) is 0.650. The topological polar surface area (TPSA) is 61.8 Å². The number of aromatic hydroxyl groups is 1. The van der Waals surface area contributed by atoms with Crippen molar-refractivity contribution in [2.75, 3.05) is 26.7 Å². The standard InChI is InChI=1S/C20H32N2O3/c1-5-7-9-15-12-14(3)19(25-4)17(18(15)23)20(24)21-13-16-10-8-11-22(16)6-2/h12,16,23H,5-11,13H2,1-4H3,(H,21,24)/t16-/m0/s1. The molecule has 1 heterocycles. The first-order valence-corrected chi connectivity index (χ1v) is 9.45. The van der Waals surface area contributed by atoms with Gasteiger partial charge in [0, 0.05) is 12.6 Å². The third-order valence-electron chi connectivity index (χ3n) is 5.15. The number of aryl methyl sites for hydroxylation is 2. The molecule has 1 saturated heterocycles. The molecule has 0 unspecified atom stereocenters. The van der Waals surface area contributed by atoms with E-state index >= 15 is 0 Å². The van der Waals surface area contributed by atoms with Gasteiger partial charge in [-0.3, -0.25) is 9.69 Å². The van der Waals surface area contributed by atoms with Crippen molar-refractivity contribution in [2.45, 2.75) is 58.9 Å². The van der Waals surface area contributed by atoms with Gasteiger partial charge in [0.05, 0.1) is 7.11 Å². The number of carbonyl (C=O) groups excluding carboxylic acids is 1. The van der Waals surface area contributed by atoms with Crippen molar-refractivity contribution in [3.05, 3.63) is 22.8 Å². The number of likely N-dealkylation sites (N-methyl/N-ethyl adjacent to an activating group) is 1. The van der Waals surface area contributed by atoms with Crippen LogP contribution in [0.4, 0.5) is 0 Å². The Morgan fingerprint density at radius 3 is 2.84 bits per heavy atom. The van der Waals surface area contributed by atoms with Gasteiger partial charge in [-0.05, 0) is 62.9 Å². The number of phenols is 1. The van der Waals surface area contributed by atoms with Crippen molar-refractivity contribution < 1.29 is 14.6 Å². The highest BCUT2D eigenvalue weighted by atomic mass is 16.5. The lowest BCUT2D eigenvalue weighted by molar-refractivity contribution is 0.0935. The number of amides is 1. The summed E-state index contributed by atoms with van der Waals surface area (Å²) < 4.78 is 5.42. The second-order valence-electron chi connectivity index (χ2n) is 6.85. The molecule has 1 atom stereocenters. The molecule has 5 nitrogen and oxygen atoms in total. The number of likely N-dealkylation sites (tertiary alicyclic amines) is 1. The molecule has 1 aromatic carbocycles. The van der Waals surface area contributed by atoms with E-state index in [1.165, 1.54) is 6.42 Å². The molecule has 1 amide bonds. The van der Waals surface area contributed by atoms with Gasteiger partial charge >= 0.3 is 0 Å². The van der Waals surface area contributed by atoms with Gasteiger partial charge in [-0.2, -0.15) is 0 Å². The molecule has 140 valence electrons. The summed E-state index contributed by atoms with van der Waals surface area (Å²) in [5.74, 6) is 0.278. The number of hydrogen-bond donors (Lipinski definition) is 2. The number of nitrogens with one attached hydrogen (secondary N) is 1. The first kappa shape index (κ1) is 19.6. The Balaban J connectivity index is 2.20. The van der Waals surface area contributed by atoms with E-state index in [0.29, 0.717) is 18.3 Å². The van der Waals surface area contributed by atoms with Crippen molar-refractivity contribution in [2.24, 2.45) is 0 Å². The molecular formula is C20H32N2O3. The van der Waals surface area contributed by atoms with Gasteiger partial charge in [0.25, 0.3) is 5.91 Å². The molecule has 0 aliphatic carbocycles. The number of benzene rings is 1. The third-order valence-corrected chi connectivity index (χ3v) is 5.15. The monoisotopic (exact) mass is 348 g/mol. The molecule has 25 heavy (non-hydrogen) atoms. The van der Waals surface area contributed by atoms with Crippen LogP contribution in [0, 0.1) is 6.92 Å². The lowest BCUT2D eigenvalue weighted by Crippen LogP contribution is -2.40. The second-order valence-corrected chi connectivity index (χ2v) is 6.85. The summed E-state index contributed by atoms with van der Waals surface area (Å²) in [6.07, 6.45) is 5.07. The number of nitrogens with zero attached hydrogens (tertiary/aromatic N) is 1. The third kappa shape index (κ3) is 4.46. The van der Waals surface area contributed by atoms with Crippen molar-refractivity contribution >= 4 is 5.91 Å². The second kappa shape index (κ2) is 9.09. The fourth-order valence-corrected chi connectivity index (χ4v) is 3.73. The maximum atomic E-state index is 12.8. The summed E-state index contributed by atoms with van der Waals surface area (Å²) >= 11 is 0. The zero-order valence-corrected chi connectivity index (χ0v) is 16.0. The predicted octanol–water partition coefficient (Wildman–Crippen LogP) is 3.27. The molecule has 0 bridgehead atoms. The number of ether oxygens (including phenoxy) is 1. The minimum Gasteiger partial charge on any atom is -0.507 e. The predicted molar refractivity (Wildman–Crippen MR) is 101 cm³/mol. The van der Waals surface area contributed by atoms with E-state index in [1.54, 1.807) is 7.11 Å². The Morgan fingerprint density at radius 1 is 1.44 bits per heavy atom. The highest BCUT2D eigenvalue weighted by Gasteiger charge is 2.26. The van der Waals surface area contributed by atoms with Crippen LogP contribution < -0.4 is 10.1 Å². The number of phenolic OH excluding ortho intramolecular Hbond substituents is 1. The fourth-order valence-electron chi connectivity index (χ4n) is 3.73. The Kier molecular flexibility index (Phi) is 7.12. The van der Waals surface area contributed by atoms with Gasteiger partial charge in [0.2, 0.25) is 0 Å². The van der Waals surface area contributed by atoms with Crippen molar-refractivity contribution in [1.29, 1.82) is 0 Å². The van der Waals surface area contributed by atoms with Crippen LogP contribution in [-0.2, 0) is 6.42 Å². The number of rotatable bonds is 8. The van der Waals surface area contributed by atoms with E-state index in [1.807, 2.05) is 13.0 Å². The summed E-state index contributed by atoms with van der Waals surface area (Å²) in [5, 5.41) is 13.7. The van der Waals surface area contributed by atoms with E-state index in [9.17, 15) is 9.90 Å². The zero-order valence-electron chi connectivity index (χ0n) is 16.0.